The molecule has 3 heterocycles. The van der Waals surface area contributed by atoms with Gasteiger partial charge < -0.3 is 10.6 Å². The molecule has 2 N–H and O–H groups in total. The van der Waals surface area contributed by atoms with Gasteiger partial charge in [0.25, 0.3) is 6.43 Å². The molecule has 4 aromatic rings. The molecule has 1 saturated carbocycles. The van der Waals surface area contributed by atoms with E-state index in [1.165, 1.54) is 19.2 Å². The summed E-state index contributed by atoms with van der Waals surface area (Å²) >= 11 is 6.08. The van der Waals surface area contributed by atoms with E-state index >= 15 is 0 Å². The number of aromatic nitrogens is 6. The van der Waals surface area contributed by atoms with Crippen molar-refractivity contribution in [3.8, 4) is 17.1 Å². The van der Waals surface area contributed by atoms with Crippen molar-refractivity contribution in [2.45, 2.75) is 46.1 Å². The van der Waals surface area contributed by atoms with Crippen LogP contribution < -0.4 is 10.6 Å². The van der Waals surface area contributed by atoms with Crippen molar-refractivity contribution in [3.63, 3.8) is 0 Å². The summed E-state index contributed by atoms with van der Waals surface area (Å²) in [7, 11) is 1.88. The van der Waals surface area contributed by atoms with Crippen LogP contribution >= 0.6 is 11.6 Å². The van der Waals surface area contributed by atoms with Crippen molar-refractivity contribution in [2.24, 2.45) is 5.92 Å². The summed E-state index contributed by atoms with van der Waals surface area (Å²) in [6.07, 6.45) is 2.08. The van der Waals surface area contributed by atoms with Crippen LogP contribution in [-0.4, -0.2) is 36.6 Å². The van der Waals surface area contributed by atoms with Crippen LogP contribution in [0.2, 0.25) is 5.02 Å². The monoisotopic (exact) mass is 512 g/mol. The highest BCUT2D eigenvalue weighted by Crippen LogP contribution is 2.36. The van der Waals surface area contributed by atoms with Gasteiger partial charge in [-0.15, -0.1) is 0 Å². The minimum absolute atomic E-state index is 0.0685. The maximum atomic E-state index is 13.7. The van der Waals surface area contributed by atoms with Gasteiger partial charge in [0.1, 0.15) is 23.7 Å². The Kier molecular flexibility index (Phi) is 6.61. The van der Waals surface area contributed by atoms with Crippen LogP contribution in [0.25, 0.3) is 17.1 Å². The number of anilines is 3. The van der Waals surface area contributed by atoms with Crippen LogP contribution in [0.15, 0.2) is 36.7 Å². The lowest BCUT2D eigenvalue weighted by Gasteiger charge is -2.12. The van der Waals surface area contributed by atoms with E-state index in [0.717, 1.165) is 51.9 Å². The zero-order valence-electron chi connectivity index (χ0n) is 20.3. The summed E-state index contributed by atoms with van der Waals surface area (Å²) in [6, 6.07) is 9.68. The van der Waals surface area contributed by atoms with Gasteiger partial charge >= 0.3 is 0 Å². The van der Waals surface area contributed by atoms with E-state index in [9.17, 15) is 8.78 Å². The summed E-state index contributed by atoms with van der Waals surface area (Å²) in [4.78, 5) is 8.48. The number of rotatable bonds is 9. The van der Waals surface area contributed by atoms with Gasteiger partial charge in [-0.1, -0.05) is 36.6 Å². The van der Waals surface area contributed by atoms with Crippen LogP contribution in [0.4, 0.5) is 26.1 Å². The van der Waals surface area contributed by atoms with Crippen molar-refractivity contribution in [3.05, 3.63) is 58.6 Å². The third kappa shape index (κ3) is 4.77. The third-order valence-electron chi connectivity index (χ3n) is 6.43. The molecule has 0 atom stereocenters. The number of halogens is 3. The number of hydrogen-bond donors (Lipinski definition) is 2. The molecule has 0 unspecified atom stereocenters. The van der Waals surface area contributed by atoms with Gasteiger partial charge in [-0.25, -0.2) is 28.1 Å². The topological polar surface area (TPSA) is 85.5 Å². The van der Waals surface area contributed by atoms with E-state index in [0.29, 0.717) is 11.5 Å². The fourth-order valence-corrected chi connectivity index (χ4v) is 4.39. The molecule has 188 valence electrons. The molecule has 0 bridgehead atoms. The van der Waals surface area contributed by atoms with E-state index < -0.39 is 12.1 Å². The molecule has 3 aromatic heterocycles. The maximum absolute atomic E-state index is 13.7. The Morgan fingerprint density at radius 3 is 2.53 bits per heavy atom. The molecule has 36 heavy (non-hydrogen) atoms. The molecule has 1 aliphatic carbocycles. The quantitative estimate of drug-likeness (QED) is 0.273. The molecule has 0 amide bonds. The largest absolute Gasteiger partial charge is 0.388 e. The van der Waals surface area contributed by atoms with Crippen molar-refractivity contribution in [1.82, 2.24) is 29.5 Å². The van der Waals surface area contributed by atoms with E-state index in [1.54, 1.807) is 13.0 Å². The second-order valence-electron chi connectivity index (χ2n) is 8.99. The number of nitrogens with one attached hydrogen (secondary N) is 2. The lowest BCUT2D eigenvalue weighted by molar-refractivity contribution is 0.142. The smallest absolute Gasteiger partial charge is 0.282 e. The van der Waals surface area contributed by atoms with Crippen molar-refractivity contribution in [1.29, 1.82) is 0 Å². The van der Waals surface area contributed by atoms with E-state index in [2.05, 4.69) is 25.7 Å². The first-order valence-corrected chi connectivity index (χ1v) is 12.2. The van der Waals surface area contributed by atoms with Crippen LogP contribution in [0.3, 0.4) is 0 Å². The number of nitrogens with zero attached hydrogens (tertiary/aromatic N) is 6. The van der Waals surface area contributed by atoms with Crippen molar-refractivity contribution in [2.75, 3.05) is 17.7 Å². The maximum Gasteiger partial charge on any atom is 0.282 e. The Balaban J connectivity index is 1.50. The van der Waals surface area contributed by atoms with E-state index in [4.69, 9.17) is 16.7 Å². The highest BCUT2D eigenvalue weighted by Gasteiger charge is 2.25. The van der Waals surface area contributed by atoms with Gasteiger partial charge in [-0.05, 0) is 38.3 Å². The SMILES string of the molecule is CNc1ccc(-c2nn(CCC3CC3)c(Nc3cc(-n4nc(C)c(Cl)c4C(F)F)ncn3)c2C)cc1. The summed E-state index contributed by atoms with van der Waals surface area (Å²) in [5, 5.41) is 15.5. The fourth-order valence-electron chi connectivity index (χ4n) is 4.19. The molecular weight excluding hydrogens is 486 g/mol. The average Bonchev–Trinajstić information content (AvgIpc) is 3.59. The summed E-state index contributed by atoms with van der Waals surface area (Å²) in [5.41, 5.74) is 3.79. The zero-order valence-corrected chi connectivity index (χ0v) is 21.0. The Morgan fingerprint density at radius 2 is 1.86 bits per heavy atom. The summed E-state index contributed by atoms with van der Waals surface area (Å²) in [5.74, 6) is 2.18. The number of benzene rings is 1. The van der Waals surface area contributed by atoms with Crippen LogP contribution in [0, 0.1) is 19.8 Å². The van der Waals surface area contributed by atoms with Gasteiger partial charge in [0.15, 0.2) is 5.82 Å². The van der Waals surface area contributed by atoms with E-state index in [1.807, 2.05) is 42.9 Å². The molecule has 1 aromatic carbocycles. The highest BCUT2D eigenvalue weighted by atomic mass is 35.5. The Hall–Kier alpha value is -3.53. The van der Waals surface area contributed by atoms with Gasteiger partial charge in [-0.3, -0.25) is 0 Å². The van der Waals surface area contributed by atoms with Gasteiger partial charge in [0.05, 0.1) is 16.4 Å². The van der Waals surface area contributed by atoms with E-state index in [-0.39, 0.29) is 10.8 Å². The summed E-state index contributed by atoms with van der Waals surface area (Å²) < 4.78 is 30.4. The fraction of sp³-hybridized carbons (Fsp3) is 0.360. The molecule has 0 aliphatic heterocycles. The Bertz CT molecular complexity index is 1380. The predicted octanol–water partition coefficient (Wildman–Crippen LogP) is 6.32. The normalized spacial score (nSPS) is 13.4. The van der Waals surface area contributed by atoms with Crippen molar-refractivity contribution < 1.29 is 8.78 Å². The second kappa shape index (κ2) is 9.85. The van der Waals surface area contributed by atoms with Gasteiger partial charge in [0.2, 0.25) is 0 Å². The zero-order chi connectivity index (χ0) is 25.4. The standard InChI is InChI=1S/C25H27ClF2N8/c1-14-22(17-6-8-18(29-3)9-7-17)34-35(11-10-16-4-5-16)25(14)32-19-12-20(31-13-30-19)36-23(24(27)28)21(26)15(2)33-36/h6-9,12-13,16,24,29H,4-5,10-11H2,1-3H3,(H,30,31,32). The Labute approximate surface area is 212 Å². The highest BCUT2D eigenvalue weighted by molar-refractivity contribution is 6.31. The first-order chi connectivity index (χ1) is 17.4. The van der Waals surface area contributed by atoms with Crippen LogP contribution in [0.5, 0.6) is 0 Å². The van der Waals surface area contributed by atoms with Gasteiger partial charge in [-0.2, -0.15) is 10.2 Å². The van der Waals surface area contributed by atoms with Crippen LogP contribution in [0.1, 0.15) is 42.6 Å². The first-order valence-electron chi connectivity index (χ1n) is 11.8. The number of hydrogen-bond acceptors (Lipinski definition) is 6. The molecule has 8 nitrogen and oxygen atoms in total. The lowest BCUT2D eigenvalue weighted by Crippen LogP contribution is -2.09. The molecule has 0 spiro atoms. The predicted molar refractivity (Wildman–Crippen MR) is 136 cm³/mol. The second-order valence-corrected chi connectivity index (χ2v) is 9.37. The number of aryl methyl sites for hydroxylation is 2. The molecule has 0 saturated heterocycles. The minimum atomic E-state index is -2.80. The molecule has 11 heteroatoms. The first kappa shape index (κ1) is 24.2. The molecular formula is C25H27ClF2N8. The molecule has 1 aliphatic rings. The average molecular weight is 513 g/mol. The van der Waals surface area contributed by atoms with Gasteiger partial charge in [0, 0.05) is 36.5 Å². The third-order valence-corrected chi connectivity index (χ3v) is 6.89. The minimum Gasteiger partial charge on any atom is -0.388 e. The van der Waals surface area contributed by atoms with Crippen molar-refractivity contribution >= 4 is 28.9 Å². The molecule has 5 rings (SSSR count). The molecule has 0 radical (unpaired) electrons. The Morgan fingerprint density at radius 1 is 1.11 bits per heavy atom. The summed E-state index contributed by atoms with van der Waals surface area (Å²) in [6.45, 7) is 4.36. The lowest BCUT2D eigenvalue weighted by atomic mass is 10.1. The molecule has 1 fully saturated rings. The van der Waals surface area contributed by atoms with Crippen LogP contribution in [-0.2, 0) is 6.54 Å². The number of alkyl halides is 2.